The fourth-order valence-electron chi connectivity index (χ4n) is 1.41. The predicted octanol–water partition coefficient (Wildman–Crippen LogP) is 2.07. The van der Waals surface area contributed by atoms with Gasteiger partial charge in [0, 0.05) is 17.6 Å². The molecule has 104 valence electrons. The lowest BCUT2D eigenvalue weighted by Gasteiger charge is -2.10. The van der Waals surface area contributed by atoms with Crippen molar-refractivity contribution in [3.63, 3.8) is 0 Å². The molecule has 0 radical (unpaired) electrons. The average Bonchev–Trinajstić information content (AvgIpc) is 2.28. The summed E-state index contributed by atoms with van der Waals surface area (Å²) in [5.41, 5.74) is 0.725. The molecule has 0 saturated carbocycles. The van der Waals surface area contributed by atoms with Gasteiger partial charge in [-0.15, -0.1) is 12.4 Å². The quantitative estimate of drug-likeness (QED) is 0.766. The Morgan fingerprint density at radius 1 is 1.28 bits per heavy atom. The Balaban J connectivity index is 0.00000289. The van der Waals surface area contributed by atoms with Crippen molar-refractivity contribution in [3.8, 4) is 0 Å². The van der Waals surface area contributed by atoms with E-state index in [1.807, 2.05) is 13.0 Å². The average molecular weight is 358 g/mol. The van der Waals surface area contributed by atoms with E-state index >= 15 is 0 Å². The van der Waals surface area contributed by atoms with Gasteiger partial charge < -0.3 is 5.32 Å². The van der Waals surface area contributed by atoms with Crippen molar-refractivity contribution >= 4 is 38.4 Å². The molecule has 0 atom stereocenters. The van der Waals surface area contributed by atoms with Crippen LogP contribution in [0.25, 0.3) is 0 Å². The Bertz CT molecular complexity index is 480. The van der Waals surface area contributed by atoms with Gasteiger partial charge in [-0.3, -0.25) is 0 Å². The van der Waals surface area contributed by atoms with Crippen molar-refractivity contribution in [1.29, 1.82) is 0 Å². The van der Waals surface area contributed by atoms with E-state index in [4.69, 9.17) is 0 Å². The van der Waals surface area contributed by atoms with E-state index in [0.29, 0.717) is 18.0 Å². The largest absolute Gasteiger partial charge is 0.316 e. The lowest BCUT2D eigenvalue weighted by Crippen LogP contribution is -2.32. The van der Waals surface area contributed by atoms with Crippen LogP contribution in [0.2, 0.25) is 0 Å². The van der Waals surface area contributed by atoms with Crippen LogP contribution in [0.5, 0.6) is 0 Å². The van der Waals surface area contributed by atoms with Crippen LogP contribution in [0.1, 0.15) is 12.5 Å². The summed E-state index contributed by atoms with van der Waals surface area (Å²) in [5.74, 6) is 0. The topological polar surface area (TPSA) is 58.2 Å². The van der Waals surface area contributed by atoms with Gasteiger partial charge in [0.1, 0.15) is 0 Å². The van der Waals surface area contributed by atoms with E-state index in [1.54, 1.807) is 19.1 Å². The van der Waals surface area contributed by atoms with E-state index in [1.165, 1.54) is 0 Å². The van der Waals surface area contributed by atoms with Crippen molar-refractivity contribution in [2.24, 2.45) is 0 Å². The monoisotopic (exact) mass is 356 g/mol. The lowest BCUT2D eigenvalue weighted by molar-refractivity contribution is 0.576. The molecule has 0 unspecified atom stereocenters. The number of benzene rings is 1. The zero-order valence-corrected chi connectivity index (χ0v) is 13.6. The summed E-state index contributed by atoms with van der Waals surface area (Å²) in [6.07, 6.45) is 0. The highest BCUT2D eigenvalue weighted by Crippen LogP contribution is 2.22. The number of halogens is 2. The van der Waals surface area contributed by atoms with E-state index in [-0.39, 0.29) is 12.4 Å². The third-order valence-electron chi connectivity index (χ3n) is 2.35. The fourth-order valence-corrected chi connectivity index (χ4v) is 3.20. The molecule has 1 rings (SSSR count). The molecule has 0 aromatic heterocycles. The number of rotatable bonds is 6. The standard InChI is InChI=1S/C11H17BrN2O2S.ClH/c1-3-13-7-8-14-17(15,16)11-6-4-5-10(12)9(11)2;/h4-6,13-14H,3,7-8H2,1-2H3;1H. The SMILES string of the molecule is CCNCCNS(=O)(=O)c1cccc(Br)c1C.Cl. The van der Waals surface area contributed by atoms with E-state index in [0.717, 1.165) is 16.6 Å². The Morgan fingerprint density at radius 2 is 1.94 bits per heavy atom. The number of likely N-dealkylation sites (N-methyl/N-ethyl adjacent to an activating group) is 1. The molecule has 0 aliphatic carbocycles. The number of hydrogen-bond donors (Lipinski definition) is 2. The smallest absolute Gasteiger partial charge is 0.240 e. The summed E-state index contributed by atoms with van der Waals surface area (Å²) >= 11 is 3.33. The van der Waals surface area contributed by atoms with Gasteiger partial charge in [0.15, 0.2) is 0 Å². The van der Waals surface area contributed by atoms with Crippen LogP contribution in [0, 0.1) is 6.92 Å². The molecule has 0 amide bonds. The molecule has 1 aromatic rings. The van der Waals surface area contributed by atoms with Crippen LogP contribution in [-0.4, -0.2) is 28.1 Å². The fraction of sp³-hybridized carbons (Fsp3) is 0.455. The molecular weight excluding hydrogens is 340 g/mol. The molecule has 0 fully saturated rings. The van der Waals surface area contributed by atoms with Gasteiger partial charge in [0.25, 0.3) is 0 Å². The third kappa shape index (κ3) is 4.85. The molecule has 0 bridgehead atoms. The molecule has 0 heterocycles. The van der Waals surface area contributed by atoms with Crippen molar-refractivity contribution in [2.45, 2.75) is 18.7 Å². The summed E-state index contributed by atoms with van der Waals surface area (Å²) in [7, 11) is -3.41. The highest BCUT2D eigenvalue weighted by Gasteiger charge is 2.16. The molecular formula is C11H18BrClN2O2S. The Hall–Kier alpha value is -0.140. The highest BCUT2D eigenvalue weighted by molar-refractivity contribution is 9.10. The first-order valence-electron chi connectivity index (χ1n) is 5.44. The third-order valence-corrected chi connectivity index (χ3v) is 4.82. The zero-order valence-electron chi connectivity index (χ0n) is 10.4. The van der Waals surface area contributed by atoms with E-state index < -0.39 is 10.0 Å². The van der Waals surface area contributed by atoms with Crippen LogP contribution < -0.4 is 10.0 Å². The number of hydrogen-bond acceptors (Lipinski definition) is 3. The van der Waals surface area contributed by atoms with Crippen molar-refractivity contribution < 1.29 is 8.42 Å². The van der Waals surface area contributed by atoms with Gasteiger partial charge in [0.05, 0.1) is 4.90 Å². The first-order valence-corrected chi connectivity index (χ1v) is 7.72. The second-order valence-electron chi connectivity index (χ2n) is 3.61. The lowest BCUT2D eigenvalue weighted by atomic mass is 10.2. The van der Waals surface area contributed by atoms with E-state index in [2.05, 4.69) is 26.0 Å². The second-order valence-corrected chi connectivity index (χ2v) is 6.20. The first-order chi connectivity index (χ1) is 7.99. The van der Waals surface area contributed by atoms with Crippen LogP contribution in [0.4, 0.5) is 0 Å². The van der Waals surface area contributed by atoms with Crippen molar-refractivity contribution in [1.82, 2.24) is 10.0 Å². The molecule has 4 nitrogen and oxygen atoms in total. The maximum atomic E-state index is 12.0. The Kier molecular flexibility index (Phi) is 8.05. The van der Waals surface area contributed by atoms with E-state index in [9.17, 15) is 8.42 Å². The van der Waals surface area contributed by atoms with Gasteiger partial charge in [-0.2, -0.15) is 0 Å². The Morgan fingerprint density at radius 3 is 2.56 bits per heavy atom. The molecule has 2 N–H and O–H groups in total. The minimum atomic E-state index is -3.41. The van der Waals surface area contributed by atoms with Gasteiger partial charge >= 0.3 is 0 Å². The zero-order chi connectivity index (χ0) is 12.9. The summed E-state index contributed by atoms with van der Waals surface area (Å²) in [5, 5.41) is 3.06. The van der Waals surface area contributed by atoms with Gasteiger partial charge in [0.2, 0.25) is 10.0 Å². The highest BCUT2D eigenvalue weighted by atomic mass is 79.9. The summed E-state index contributed by atoms with van der Waals surface area (Å²) in [6.45, 7) is 5.61. The van der Waals surface area contributed by atoms with Crippen LogP contribution in [0.3, 0.4) is 0 Å². The van der Waals surface area contributed by atoms with Gasteiger partial charge in [-0.25, -0.2) is 13.1 Å². The van der Waals surface area contributed by atoms with Gasteiger partial charge in [-0.05, 0) is 31.2 Å². The Labute approximate surface area is 123 Å². The maximum Gasteiger partial charge on any atom is 0.240 e. The molecule has 0 saturated heterocycles. The minimum Gasteiger partial charge on any atom is -0.316 e. The molecule has 1 aromatic carbocycles. The van der Waals surface area contributed by atoms with Crippen LogP contribution >= 0.6 is 28.3 Å². The van der Waals surface area contributed by atoms with Gasteiger partial charge in [-0.1, -0.05) is 28.9 Å². The van der Waals surface area contributed by atoms with Crippen molar-refractivity contribution in [3.05, 3.63) is 28.2 Å². The number of nitrogens with one attached hydrogen (secondary N) is 2. The first kappa shape index (κ1) is 17.9. The van der Waals surface area contributed by atoms with Crippen molar-refractivity contribution in [2.75, 3.05) is 19.6 Å². The normalized spacial score (nSPS) is 11.1. The maximum absolute atomic E-state index is 12.0. The second kappa shape index (κ2) is 8.12. The molecule has 7 heteroatoms. The summed E-state index contributed by atoms with van der Waals surface area (Å²) in [6, 6.07) is 5.15. The number of sulfonamides is 1. The molecule has 0 aliphatic rings. The van der Waals surface area contributed by atoms with Crippen LogP contribution in [0.15, 0.2) is 27.6 Å². The van der Waals surface area contributed by atoms with Crippen LogP contribution in [-0.2, 0) is 10.0 Å². The summed E-state index contributed by atoms with van der Waals surface area (Å²) < 4.78 is 27.4. The molecule has 0 spiro atoms. The minimum absolute atomic E-state index is 0. The summed E-state index contributed by atoms with van der Waals surface area (Å²) in [4.78, 5) is 0.323. The molecule has 0 aliphatic heterocycles. The predicted molar refractivity (Wildman–Crippen MR) is 79.9 cm³/mol. The molecule has 18 heavy (non-hydrogen) atoms.